The lowest BCUT2D eigenvalue weighted by Gasteiger charge is -2.21. The van der Waals surface area contributed by atoms with Crippen molar-refractivity contribution in [3.05, 3.63) is 37.1 Å². The Morgan fingerprint density at radius 2 is 2.22 bits per heavy atom. The number of likely N-dealkylation sites (N-methyl/N-ethyl adjacent to an activating group) is 1. The first-order chi connectivity index (χ1) is 4.22. The molecule has 0 N–H and O–H groups in total. The molecule has 0 atom stereocenters. The van der Waals surface area contributed by atoms with E-state index >= 15 is 0 Å². The maximum absolute atomic E-state index is 4.94. The lowest BCUT2D eigenvalue weighted by atomic mass is 10.4. The van der Waals surface area contributed by atoms with E-state index in [1.54, 1.807) is 12.5 Å². The van der Waals surface area contributed by atoms with Crippen LogP contribution in [-0.2, 0) is 4.74 Å². The van der Waals surface area contributed by atoms with Gasteiger partial charge in [-0.3, -0.25) is 0 Å². The average molecular weight is 123 g/mol. The first-order valence-corrected chi connectivity index (χ1v) is 2.66. The highest BCUT2D eigenvalue weighted by Gasteiger charge is 2.07. The summed E-state index contributed by atoms with van der Waals surface area (Å²) < 4.78 is 4.94. The van der Waals surface area contributed by atoms with Gasteiger partial charge in [-0.05, 0) is 0 Å². The molecule has 0 bridgehead atoms. The van der Waals surface area contributed by atoms with Crippen molar-refractivity contribution in [2.45, 2.75) is 0 Å². The third kappa shape index (κ3) is 0.964. The maximum Gasteiger partial charge on any atom is 0.142 e. The zero-order chi connectivity index (χ0) is 6.85. The monoisotopic (exact) mass is 123 g/mol. The van der Waals surface area contributed by atoms with E-state index in [2.05, 4.69) is 13.2 Å². The molecule has 0 spiro atoms. The Kier molecular flexibility index (Phi) is 1.30. The molecule has 0 aromatic carbocycles. The van der Waals surface area contributed by atoms with Crippen molar-refractivity contribution in [2.24, 2.45) is 0 Å². The molecular weight excluding hydrogens is 114 g/mol. The molecule has 0 radical (unpaired) electrons. The van der Waals surface area contributed by atoms with Gasteiger partial charge in [-0.25, -0.2) is 0 Å². The summed E-state index contributed by atoms with van der Waals surface area (Å²) in [5, 5.41) is 0. The minimum absolute atomic E-state index is 0.611. The summed E-state index contributed by atoms with van der Waals surface area (Å²) in [6.45, 7) is 7.36. The molecule has 1 aliphatic heterocycles. The Balaban J connectivity index is 2.81. The van der Waals surface area contributed by atoms with Crippen LogP contribution in [0, 0.1) is 0 Å². The third-order valence-corrected chi connectivity index (χ3v) is 1.24. The normalized spacial score (nSPS) is 18.1. The first-order valence-electron chi connectivity index (χ1n) is 2.66. The highest BCUT2D eigenvalue weighted by Crippen LogP contribution is 2.15. The fourth-order valence-corrected chi connectivity index (χ4v) is 0.559. The number of nitrogens with zero attached hydrogens (tertiary/aromatic N) is 1. The van der Waals surface area contributed by atoms with Gasteiger partial charge in [0.25, 0.3) is 0 Å². The van der Waals surface area contributed by atoms with Crippen molar-refractivity contribution in [1.29, 1.82) is 0 Å². The Morgan fingerprint density at radius 3 is 2.67 bits per heavy atom. The molecule has 48 valence electrons. The van der Waals surface area contributed by atoms with E-state index in [1.165, 1.54) is 0 Å². The topological polar surface area (TPSA) is 12.5 Å². The van der Waals surface area contributed by atoms with Crippen molar-refractivity contribution in [3.8, 4) is 0 Å². The second-order valence-corrected chi connectivity index (χ2v) is 1.88. The molecule has 0 aromatic heterocycles. The average Bonchev–Trinajstić information content (AvgIpc) is 1.83. The molecule has 0 amide bonds. The number of hydrogen-bond donors (Lipinski definition) is 0. The summed E-state index contributed by atoms with van der Waals surface area (Å²) in [6.07, 6.45) is 3.37. The molecule has 2 nitrogen and oxygen atoms in total. The fraction of sp³-hybridized carbons (Fsp3) is 0.143. The van der Waals surface area contributed by atoms with Crippen molar-refractivity contribution in [1.82, 2.24) is 4.90 Å². The Hall–Kier alpha value is -1.18. The molecule has 1 heterocycles. The smallest absolute Gasteiger partial charge is 0.142 e. The lowest BCUT2D eigenvalue weighted by Crippen LogP contribution is -2.14. The summed E-state index contributed by atoms with van der Waals surface area (Å²) in [5.74, 6) is 0.611. The van der Waals surface area contributed by atoms with Crippen molar-refractivity contribution >= 4 is 0 Å². The molecular formula is C7H9NO. The second kappa shape index (κ2) is 1.97. The molecule has 0 aromatic rings. The molecule has 1 aliphatic rings. The van der Waals surface area contributed by atoms with Crippen LogP contribution in [0.4, 0.5) is 0 Å². The van der Waals surface area contributed by atoms with E-state index in [4.69, 9.17) is 4.74 Å². The predicted octanol–water partition coefficient (Wildman–Crippen LogP) is 1.45. The summed E-state index contributed by atoms with van der Waals surface area (Å²) in [5.41, 5.74) is 0.803. The number of rotatable bonds is 0. The molecule has 0 fully saturated rings. The van der Waals surface area contributed by atoms with Gasteiger partial charge in [0.05, 0.1) is 5.70 Å². The molecule has 9 heavy (non-hydrogen) atoms. The van der Waals surface area contributed by atoms with Crippen LogP contribution in [0.1, 0.15) is 0 Å². The zero-order valence-corrected chi connectivity index (χ0v) is 5.42. The van der Waals surface area contributed by atoms with Gasteiger partial charge in [0, 0.05) is 13.2 Å². The van der Waals surface area contributed by atoms with Crippen molar-refractivity contribution < 1.29 is 4.74 Å². The second-order valence-electron chi connectivity index (χ2n) is 1.88. The molecule has 0 saturated heterocycles. The largest absolute Gasteiger partial charge is 0.462 e. The number of hydrogen-bond acceptors (Lipinski definition) is 2. The first kappa shape index (κ1) is 5.95. The van der Waals surface area contributed by atoms with Crippen LogP contribution in [0.25, 0.3) is 0 Å². The van der Waals surface area contributed by atoms with Crippen LogP contribution in [0.5, 0.6) is 0 Å². The summed E-state index contributed by atoms with van der Waals surface area (Å²) >= 11 is 0. The van der Waals surface area contributed by atoms with E-state index in [9.17, 15) is 0 Å². The SMILES string of the molecule is C=C1OC=CN(C)C1=C. The molecule has 0 saturated carbocycles. The predicted molar refractivity (Wildman–Crippen MR) is 36.3 cm³/mol. The van der Waals surface area contributed by atoms with E-state index < -0.39 is 0 Å². The molecule has 1 rings (SSSR count). The molecule has 2 heteroatoms. The van der Waals surface area contributed by atoms with Crippen LogP contribution < -0.4 is 0 Å². The van der Waals surface area contributed by atoms with Crippen LogP contribution in [0.2, 0.25) is 0 Å². The van der Waals surface area contributed by atoms with Crippen molar-refractivity contribution in [3.63, 3.8) is 0 Å². The summed E-state index contributed by atoms with van der Waals surface area (Å²) in [6, 6.07) is 0. The van der Waals surface area contributed by atoms with Gasteiger partial charge < -0.3 is 9.64 Å². The van der Waals surface area contributed by atoms with Crippen LogP contribution in [0.15, 0.2) is 37.1 Å². The summed E-state index contributed by atoms with van der Waals surface area (Å²) in [4.78, 5) is 1.85. The Bertz CT molecular complexity index is 181. The van der Waals surface area contributed by atoms with E-state index in [0.717, 1.165) is 5.70 Å². The third-order valence-electron chi connectivity index (χ3n) is 1.24. The van der Waals surface area contributed by atoms with E-state index in [1.807, 2.05) is 11.9 Å². The van der Waals surface area contributed by atoms with E-state index in [-0.39, 0.29) is 0 Å². The number of ether oxygens (including phenoxy) is 1. The minimum Gasteiger partial charge on any atom is -0.462 e. The van der Waals surface area contributed by atoms with Gasteiger partial charge in [-0.15, -0.1) is 0 Å². The maximum atomic E-state index is 4.94. The molecule has 0 unspecified atom stereocenters. The summed E-state index contributed by atoms with van der Waals surface area (Å²) in [7, 11) is 1.90. The van der Waals surface area contributed by atoms with Crippen molar-refractivity contribution in [2.75, 3.05) is 7.05 Å². The highest BCUT2D eigenvalue weighted by atomic mass is 16.5. The van der Waals surface area contributed by atoms with Gasteiger partial charge in [-0.2, -0.15) is 0 Å². The fourth-order valence-electron chi connectivity index (χ4n) is 0.559. The van der Waals surface area contributed by atoms with Gasteiger partial charge >= 0.3 is 0 Å². The highest BCUT2D eigenvalue weighted by molar-refractivity contribution is 5.22. The lowest BCUT2D eigenvalue weighted by molar-refractivity contribution is 0.305. The van der Waals surface area contributed by atoms with Gasteiger partial charge in [0.15, 0.2) is 0 Å². The van der Waals surface area contributed by atoms with Gasteiger partial charge in [0.2, 0.25) is 0 Å². The standard InChI is InChI=1S/C7H9NO/c1-6-7(2)9-5-4-8(6)3/h4-5H,1-2H2,3H3. The Labute approximate surface area is 54.7 Å². The Morgan fingerprint density at radius 1 is 1.56 bits per heavy atom. The zero-order valence-electron chi connectivity index (χ0n) is 5.42. The molecule has 0 aliphatic carbocycles. The van der Waals surface area contributed by atoms with Crippen LogP contribution >= 0.6 is 0 Å². The van der Waals surface area contributed by atoms with Crippen LogP contribution in [-0.4, -0.2) is 11.9 Å². The van der Waals surface area contributed by atoms with E-state index in [0.29, 0.717) is 5.76 Å². The van der Waals surface area contributed by atoms with Gasteiger partial charge in [0.1, 0.15) is 12.0 Å². The minimum atomic E-state index is 0.611. The van der Waals surface area contributed by atoms with Gasteiger partial charge in [-0.1, -0.05) is 13.2 Å². The van der Waals surface area contributed by atoms with Crippen LogP contribution in [0.3, 0.4) is 0 Å². The quantitative estimate of drug-likeness (QED) is 0.483.